The van der Waals surface area contributed by atoms with E-state index in [1.807, 2.05) is 31.7 Å². The number of allylic oxidation sites excluding steroid dienone is 2. The van der Waals surface area contributed by atoms with Crippen LogP contribution in [0.1, 0.15) is 53.0 Å². The standard InChI is InChI=1S/C20H28N2O2/c1-14(2)10-11-20-12-13-22(18(23)24-19(3,4)5)17(20)21-16-9-7-6-8-15(16)20/h6-10,17,21H,11-13H2,1-5H3/t17-,20-/m0/s1. The van der Waals surface area contributed by atoms with Gasteiger partial charge < -0.3 is 10.1 Å². The van der Waals surface area contributed by atoms with E-state index in [2.05, 4.69) is 43.4 Å². The number of carbonyl (C=O) groups is 1. The zero-order chi connectivity index (χ0) is 17.5. The van der Waals surface area contributed by atoms with Crippen LogP contribution in [0.4, 0.5) is 10.5 Å². The Hall–Kier alpha value is -1.97. The molecule has 3 rings (SSSR count). The summed E-state index contributed by atoms with van der Waals surface area (Å²) >= 11 is 0. The van der Waals surface area contributed by atoms with Crippen LogP contribution in [0.5, 0.6) is 0 Å². The molecular weight excluding hydrogens is 300 g/mol. The van der Waals surface area contributed by atoms with Gasteiger partial charge in [0.15, 0.2) is 0 Å². The van der Waals surface area contributed by atoms with Gasteiger partial charge in [-0.15, -0.1) is 0 Å². The van der Waals surface area contributed by atoms with E-state index in [0.717, 1.165) is 25.1 Å². The second-order valence-corrected chi connectivity index (χ2v) is 8.16. The number of benzene rings is 1. The third kappa shape index (κ3) is 2.90. The van der Waals surface area contributed by atoms with Crippen LogP contribution < -0.4 is 5.32 Å². The molecule has 130 valence electrons. The minimum absolute atomic E-state index is 0.0413. The number of fused-ring (bicyclic) bond motifs is 3. The molecule has 2 aliphatic rings. The van der Waals surface area contributed by atoms with E-state index >= 15 is 0 Å². The molecule has 0 radical (unpaired) electrons. The quantitative estimate of drug-likeness (QED) is 0.802. The van der Waals surface area contributed by atoms with E-state index in [0.29, 0.717) is 0 Å². The van der Waals surface area contributed by atoms with E-state index in [9.17, 15) is 4.79 Å². The average molecular weight is 328 g/mol. The largest absolute Gasteiger partial charge is 0.444 e. The van der Waals surface area contributed by atoms with E-state index in [1.165, 1.54) is 11.1 Å². The lowest BCUT2D eigenvalue weighted by atomic mass is 9.76. The molecule has 24 heavy (non-hydrogen) atoms. The number of carbonyl (C=O) groups excluding carboxylic acids is 1. The van der Waals surface area contributed by atoms with Crippen molar-refractivity contribution in [2.75, 3.05) is 11.9 Å². The predicted molar refractivity (Wildman–Crippen MR) is 97.1 cm³/mol. The lowest BCUT2D eigenvalue weighted by molar-refractivity contribution is 0.0226. The van der Waals surface area contributed by atoms with Gasteiger partial charge in [0.2, 0.25) is 0 Å². The third-order valence-corrected chi connectivity index (χ3v) is 4.89. The Morgan fingerprint density at radius 2 is 2.08 bits per heavy atom. The number of likely N-dealkylation sites (tertiary alicyclic amines) is 1. The summed E-state index contributed by atoms with van der Waals surface area (Å²) in [7, 11) is 0. The van der Waals surface area contributed by atoms with Crippen LogP contribution in [0.2, 0.25) is 0 Å². The number of rotatable bonds is 2. The summed E-state index contributed by atoms with van der Waals surface area (Å²) in [4.78, 5) is 14.5. The van der Waals surface area contributed by atoms with Crippen molar-refractivity contribution in [2.24, 2.45) is 0 Å². The molecule has 0 unspecified atom stereocenters. The van der Waals surface area contributed by atoms with Gasteiger partial charge >= 0.3 is 6.09 Å². The molecule has 2 heterocycles. The number of nitrogens with one attached hydrogen (secondary N) is 1. The van der Waals surface area contributed by atoms with Crippen LogP contribution in [0, 0.1) is 0 Å². The number of para-hydroxylation sites is 1. The molecule has 4 nitrogen and oxygen atoms in total. The Kier molecular flexibility index (Phi) is 4.10. The molecular formula is C20H28N2O2. The SMILES string of the molecule is CC(C)=CC[C@@]12CCN(C(=O)OC(C)(C)C)[C@@H]1Nc1ccccc12. The van der Waals surface area contributed by atoms with Gasteiger partial charge in [0.1, 0.15) is 11.8 Å². The fourth-order valence-corrected chi connectivity index (χ4v) is 3.80. The van der Waals surface area contributed by atoms with Gasteiger partial charge in [-0.05, 0) is 59.1 Å². The molecule has 0 aromatic heterocycles. The first kappa shape index (κ1) is 16.9. The summed E-state index contributed by atoms with van der Waals surface area (Å²) in [5.74, 6) is 0. The van der Waals surface area contributed by atoms with Gasteiger partial charge in [0.05, 0.1) is 0 Å². The summed E-state index contributed by atoms with van der Waals surface area (Å²) in [5, 5.41) is 3.57. The number of hydrogen-bond acceptors (Lipinski definition) is 3. The van der Waals surface area contributed by atoms with E-state index in [1.54, 1.807) is 0 Å². The lowest BCUT2D eigenvalue weighted by Crippen LogP contribution is -2.47. The lowest BCUT2D eigenvalue weighted by Gasteiger charge is -2.33. The van der Waals surface area contributed by atoms with Gasteiger partial charge in [-0.25, -0.2) is 4.79 Å². The molecule has 0 saturated carbocycles. The molecule has 1 N–H and O–H groups in total. The zero-order valence-electron chi connectivity index (χ0n) is 15.3. The second kappa shape index (κ2) is 5.83. The van der Waals surface area contributed by atoms with Crippen LogP contribution in [-0.2, 0) is 10.2 Å². The zero-order valence-corrected chi connectivity index (χ0v) is 15.3. The van der Waals surface area contributed by atoms with Gasteiger partial charge in [-0.1, -0.05) is 29.8 Å². The average Bonchev–Trinajstić information content (AvgIpc) is 2.97. The van der Waals surface area contributed by atoms with Crippen molar-refractivity contribution in [3.63, 3.8) is 0 Å². The topological polar surface area (TPSA) is 41.6 Å². The summed E-state index contributed by atoms with van der Waals surface area (Å²) in [5.41, 5.74) is 3.22. The molecule has 1 aromatic rings. The fraction of sp³-hybridized carbons (Fsp3) is 0.550. The van der Waals surface area contributed by atoms with Crippen molar-refractivity contribution in [2.45, 2.75) is 64.6 Å². The van der Waals surface area contributed by atoms with E-state index in [-0.39, 0.29) is 17.7 Å². The van der Waals surface area contributed by atoms with Crippen LogP contribution in [0.15, 0.2) is 35.9 Å². The molecule has 0 aliphatic carbocycles. The molecule has 1 fully saturated rings. The van der Waals surface area contributed by atoms with Gasteiger partial charge in [0.25, 0.3) is 0 Å². The van der Waals surface area contributed by atoms with Gasteiger partial charge in [-0.2, -0.15) is 0 Å². The van der Waals surface area contributed by atoms with E-state index < -0.39 is 5.60 Å². The van der Waals surface area contributed by atoms with Crippen LogP contribution in [0.25, 0.3) is 0 Å². The van der Waals surface area contributed by atoms with Crippen LogP contribution >= 0.6 is 0 Å². The predicted octanol–water partition coefficient (Wildman–Crippen LogP) is 4.67. The summed E-state index contributed by atoms with van der Waals surface area (Å²) in [6.07, 6.45) is 3.90. The molecule has 0 bridgehead atoms. The summed E-state index contributed by atoms with van der Waals surface area (Å²) < 4.78 is 5.63. The Morgan fingerprint density at radius 1 is 1.38 bits per heavy atom. The van der Waals surface area contributed by atoms with Crippen LogP contribution in [0.3, 0.4) is 0 Å². The van der Waals surface area contributed by atoms with Gasteiger partial charge in [-0.3, -0.25) is 4.90 Å². The monoisotopic (exact) mass is 328 g/mol. The minimum Gasteiger partial charge on any atom is -0.444 e. The number of amides is 1. The molecule has 2 atom stereocenters. The first-order chi connectivity index (χ1) is 11.2. The van der Waals surface area contributed by atoms with Crippen molar-refractivity contribution in [1.82, 2.24) is 4.90 Å². The van der Waals surface area contributed by atoms with Crippen molar-refractivity contribution >= 4 is 11.8 Å². The number of anilines is 1. The Labute approximate surface area is 144 Å². The fourth-order valence-electron chi connectivity index (χ4n) is 3.80. The molecule has 4 heteroatoms. The van der Waals surface area contributed by atoms with Crippen molar-refractivity contribution in [3.8, 4) is 0 Å². The van der Waals surface area contributed by atoms with E-state index in [4.69, 9.17) is 4.74 Å². The summed E-state index contributed by atoms with van der Waals surface area (Å²) in [6, 6.07) is 8.42. The molecule has 1 amide bonds. The molecule has 1 aromatic carbocycles. The molecule has 0 spiro atoms. The Balaban J connectivity index is 1.94. The first-order valence-corrected chi connectivity index (χ1v) is 8.72. The third-order valence-electron chi connectivity index (χ3n) is 4.89. The normalized spacial score (nSPS) is 24.9. The van der Waals surface area contributed by atoms with Crippen LogP contribution in [-0.4, -0.2) is 29.3 Å². The smallest absolute Gasteiger partial charge is 0.411 e. The highest BCUT2D eigenvalue weighted by Gasteiger charge is 2.55. The van der Waals surface area contributed by atoms with Gasteiger partial charge in [0, 0.05) is 17.6 Å². The highest BCUT2D eigenvalue weighted by atomic mass is 16.6. The van der Waals surface area contributed by atoms with Crippen molar-refractivity contribution in [1.29, 1.82) is 0 Å². The maximum atomic E-state index is 12.7. The maximum Gasteiger partial charge on any atom is 0.411 e. The number of nitrogens with zero attached hydrogens (tertiary/aromatic N) is 1. The Morgan fingerprint density at radius 3 is 2.75 bits per heavy atom. The Bertz CT molecular complexity index is 670. The first-order valence-electron chi connectivity index (χ1n) is 8.72. The highest BCUT2D eigenvalue weighted by Crippen LogP contribution is 2.51. The highest BCUT2D eigenvalue weighted by molar-refractivity contribution is 5.73. The number of ether oxygens (including phenoxy) is 1. The second-order valence-electron chi connectivity index (χ2n) is 8.16. The maximum absolute atomic E-state index is 12.7. The molecule has 2 aliphatic heterocycles. The number of hydrogen-bond donors (Lipinski definition) is 1. The van der Waals surface area contributed by atoms with Crippen molar-refractivity contribution in [3.05, 3.63) is 41.5 Å². The minimum atomic E-state index is -0.478. The summed E-state index contributed by atoms with van der Waals surface area (Å²) in [6.45, 7) is 10.7. The van der Waals surface area contributed by atoms with Crippen molar-refractivity contribution < 1.29 is 9.53 Å². The molecule has 1 saturated heterocycles.